The molecule has 0 saturated carbocycles. The van der Waals surface area contributed by atoms with Crippen LogP contribution in [0.4, 0.5) is 17.6 Å². The third kappa shape index (κ3) is 11.0. The summed E-state index contributed by atoms with van der Waals surface area (Å²) in [5.74, 6) is -3.75. The van der Waals surface area contributed by atoms with Crippen molar-refractivity contribution >= 4 is 0 Å². The van der Waals surface area contributed by atoms with Crippen molar-refractivity contribution in [2.45, 2.75) is 66.2 Å². The van der Waals surface area contributed by atoms with Crippen LogP contribution < -0.4 is 0 Å². The molecular formula is C33H44F4. The molecule has 0 bridgehead atoms. The normalized spacial score (nSPS) is 15.2. The molecule has 0 aromatic carbocycles. The smallest absolute Gasteiger partial charge is 0.166 e. The van der Waals surface area contributed by atoms with Gasteiger partial charge in [-0.05, 0) is 59.3 Å². The van der Waals surface area contributed by atoms with Gasteiger partial charge in [-0.1, -0.05) is 105 Å². The fraction of sp³-hybridized carbons (Fsp3) is 0.394. The van der Waals surface area contributed by atoms with Gasteiger partial charge in [-0.15, -0.1) is 6.58 Å². The van der Waals surface area contributed by atoms with Crippen molar-refractivity contribution in [2.24, 2.45) is 17.8 Å². The summed E-state index contributed by atoms with van der Waals surface area (Å²) in [5.41, 5.74) is -0.520. The summed E-state index contributed by atoms with van der Waals surface area (Å²) in [4.78, 5) is 0. The van der Waals surface area contributed by atoms with Gasteiger partial charge in [0.1, 0.15) is 0 Å². The van der Waals surface area contributed by atoms with E-state index in [4.69, 9.17) is 0 Å². The molecule has 0 nitrogen and oxygen atoms in total. The van der Waals surface area contributed by atoms with E-state index in [-0.39, 0.29) is 45.8 Å². The van der Waals surface area contributed by atoms with Crippen LogP contribution in [-0.4, -0.2) is 0 Å². The van der Waals surface area contributed by atoms with Crippen molar-refractivity contribution in [1.82, 2.24) is 0 Å². The zero-order chi connectivity index (χ0) is 28.9. The minimum Gasteiger partial charge on any atom is -0.203 e. The third-order valence-electron chi connectivity index (χ3n) is 6.79. The van der Waals surface area contributed by atoms with Gasteiger partial charge >= 0.3 is 0 Å². The van der Waals surface area contributed by atoms with Gasteiger partial charge < -0.3 is 0 Å². The van der Waals surface area contributed by atoms with Gasteiger partial charge in [0, 0.05) is 11.1 Å². The first kappa shape index (κ1) is 34.1. The molecule has 204 valence electrons. The van der Waals surface area contributed by atoms with Crippen LogP contribution >= 0.6 is 0 Å². The Hall–Kier alpha value is -2.88. The number of hydrogen-bond donors (Lipinski definition) is 0. The fourth-order valence-electron chi connectivity index (χ4n) is 3.51. The van der Waals surface area contributed by atoms with E-state index in [0.29, 0.717) is 18.3 Å². The Morgan fingerprint density at radius 2 is 1.14 bits per heavy atom. The molecule has 4 heteroatoms. The van der Waals surface area contributed by atoms with E-state index in [2.05, 4.69) is 66.8 Å². The van der Waals surface area contributed by atoms with Crippen LogP contribution in [0.5, 0.6) is 0 Å². The molecule has 37 heavy (non-hydrogen) atoms. The number of hydrogen-bond acceptors (Lipinski definition) is 0. The second-order valence-electron chi connectivity index (χ2n) is 9.79. The van der Waals surface area contributed by atoms with E-state index in [9.17, 15) is 17.6 Å². The van der Waals surface area contributed by atoms with Crippen LogP contribution in [0.3, 0.4) is 0 Å². The quantitative estimate of drug-likeness (QED) is 0.0965. The summed E-state index contributed by atoms with van der Waals surface area (Å²) in [6.07, 6.45) is 9.14. The molecule has 0 saturated heterocycles. The van der Waals surface area contributed by atoms with Crippen molar-refractivity contribution in [2.75, 3.05) is 0 Å². The van der Waals surface area contributed by atoms with Crippen molar-refractivity contribution < 1.29 is 17.6 Å². The van der Waals surface area contributed by atoms with E-state index < -0.39 is 23.3 Å². The van der Waals surface area contributed by atoms with Crippen LogP contribution in [0, 0.1) is 17.8 Å². The Kier molecular flexibility index (Phi) is 15.5. The van der Waals surface area contributed by atoms with E-state index in [1.54, 1.807) is 0 Å². The summed E-state index contributed by atoms with van der Waals surface area (Å²) in [7, 11) is 0. The van der Waals surface area contributed by atoms with Crippen LogP contribution in [0.15, 0.2) is 121 Å². The van der Waals surface area contributed by atoms with E-state index in [1.807, 2.05) is 6.92 Å². The lowest BCUT2D eigenvalue weighted by Crippen LogP contribution is -2.11. The van der Waals surface area contributed by atoms with Gasteiger partial charge in [0.05, 0.1) is 0 Å². The minimum atomic E-state index is -1.21. The molecule has 0 amide bonds. The van der Waals surface area contributed by atoms with Gasteiger partial charge in [0.15, 0.2) is 23.3 Å². The number of unbranched alkanes of at least 4 members (excludes halogenated alkanes) is 1. The maximum absolute atomic E-state index is 14.9. The summed E-state index contributed by atoms with van der Waals surface area (Å²) in [6, 6.07) is 0. The maximum Gasteiger partial charge on any atom is 0.166 e. The summed E-state index contributed by atoms with van der Waals surface area (Å²) >= 11 is 0. The van der Waals surface area contributed by atoms with Gasteiger partial charge in [-0.25, -0.2) is 17.6 Å². The van der Waals surface area contributed by atoms with E-state index >= 15 is 0 Å². The lowest BCUT2D eigenvalue weighted by molar-refractivity contribution is 0.317. The molecule has 0 aromatic rings. The molecule has 0 fully saturated rings. The zero-order valence-corrected chi connectivity index (χ0v) is 23.2. The highest BCUT2D eigenvalue weighted by Crippen LogP contribution is 2.33. The highest BCUT2D eigenvalue weighted by atomic mass is 19.2. The number of allylic oxidation sites excluding steroid dienone is 13. The predicted octanol–water partition coefficient (Wildman–Crippen LogP) is 11.6. The Bertz CT molecular complexity index is 999. The van der Waals surface area contributed by atoms with Crippen LogP contribution in [0.2, 0.25) is 0 Å². The SMILES string of the molecule is C=CCC(=C)/C(F)=C(/F)C(=C)C(=C)/C=C\C(=C)C(=C)/C(F)=C(/F)C(=C)C(C)CCC(C)C(C)CCCC. The van der Waals surface area contributed by atoms with Crippen LogP contribution in [-0.2, 0) is 0 Å². The molecular weight excluding hydrogens is 472 g/mol. The topological polar surface area (TPSA) is 0 Å². The zero-order valence-electron chi connectivity index (χ0n) is 23.2. The van der Waals surface area contributed by atoms with E-state index in [1.165, 1.54) is 24.6 Å². The summed E-state index contributed by atoms with van der Waals surface area (Å²) < 4.78 is 58.3. The first-order chi connectivity index (χ1) is 17.2. The molecule has 3 atom stereocenters. The molecule has 3 unspecified atom stereocenters. The van der Waals surface area contributed by atoms with Gasteiger partial charge in [0.2, 0.25) is 0 Å². The minimum absolute atomic E-state index is 0.0261. The van der Waals surface area contributed by atoms with Crippen molar-refractivity contribution in [3.05, 3.63) is 121 Å². The summed E-state index contributed by atoms with van der Waals surface area (Å²) in [6.45, 7) is 33.5. The predicted molar refractivity (Wildman–Crippen MR) is 154 cm³/mol. The molecule has 0 heterocycles. The molecule has 0 aliphatic rings. The highest BCUT2D eigenvalue weighted by molar-refractivity contribution is 5.54. The number of rotatable bonds is 18. The lowest BCUT2D eigenvalue weighted by Gasteiger charge is -2.22. The lowest BCUT2D eigenvalue weighted by atomic mass is 9.84. The number of halogens is 4. The molecule has 0 N–H and O–H groups in total. The highest BCUT2D eigenvalue weighted by Gasteiger charge is 2.21. The van der Waals surface area contributed by atoms with Crippen LogP contribution in [0.25, 0.3) is 0 Å². The Balaban J connectivity index is 5.28. The molecule has 0 aliphatic heterocycles. The van der Waals surface area contributed by atoms with Gasteiger partial charge in [-0.3, -0.25) is 0 Å². The van der Waals surface area contributed by atoms with Crippen molar-refractivity contribution in [1.29, 1.82) is 0 Å². The molecule has 0 aliphatic carbocycles. The van der Waals surface area contributed by atoms with Crippen LogP contribution in [0.1, 0.15) is 66.2 Å². The summed E-state index contributed by atoms with van der Waals surface area (Å²) in [5, 5.41) is 0. The first-order valence-corrected chi connectivity index (χ1v) is 12.7. The molecule has 0 aromatic heterocycles. The Morgan fingerprint density at radius 1 is 0.676 bits per heavy atom. The monoisotopic (exact) mass is 516 g/mol. The Morgan fingerprint density at radius 3 is 1.59 bits per heavy atom. The van der Waals surface area contributed by atoms with Gasteiger partial charge in [0.25, 0.3) is 0 Å². The average Bonchev–Trinajstić information content (AvgIpc) is 2.89. The largest absolute Gasteiger partial charge is 0.203 e. The molecule has 0 rings (SSSR count). The fourth-order valence-corrected chi connectivity index (χ4v) is 3.51. The first-order valence-electron chi connectivity index (χ1n) is 12.7. The van der Waals surface area contributed by atoms with Gasteiger partial charge in [-0.2, -0.15) is 0 Å². The average molecular weight is 517 g/mol. The standard InChI is InChI=1S/C33H44F4/c1-12-14-16-21(3)22(4)17-18-23(5)28(10)32(36)33(37)29(11)25(7)20-19-24(6)27(9)31(35)30(34)26(8)15-13-2/h13,19-23H,2,6-12,14-18H2,1,3-5H3/b20-19-,31-30-,33-32-. The Labute approximate surface area is 222 Å². The second kappa shape index (κ2) is 16.8. The molecule has 0 radical (unpaired) electrons. The van der Waals surface area contributed by atoms with Crippen molar-refractivity contribution in [3.63, 3.8) is 0 Å². The third-order valence-corrected chi connectivity index (χ3v) is 6.79. The van der Waals surface area contributed by atoms with E-state index in [0.717, 1.165) is 19.3 Å². The van der Waals surface area contributed by atoms with Crippen molar-refractivity contribution in [3.8, 4) is 0 Å². The maximum atomic E-state index is 14.9. The second-order valence-corrected chi connectivity index (χ2v) is 9.79. The molecule has 0 spiro atoms.